The van der Waals surface area contributed by atoms with Crippen molar-refractivity contribution in [3.05, 3.63) is 133 Å². The SMILES string of the molecule is Fc1ccc(-c2cccc(-c3ccc(-c4ccccc4)cc3)c2-c2ccc(F)cc2)cc1. The van der Waals surface area contributed by atoms with Crippen LogP contribution in [-0.4, -0.2) is 0 Å². The molecule has 0 aliphatic heterocycles. The van der Waals surface area contributed by atoms with Crippen LogP contribution in [0.2, 0.25) is 0 Å². The third-order valence-electron chi connectivity index (χ3n) is 5.66. The Morgan fingerprint density at radius 1 is 0.312 bits per heavy atom. The van der Waals surface area contributed by atoms with E-state index < -0.39 is 0 Å². The number of halogens is 2. The summed E-state index contributed by atoms with van der Waals surface area (Å²) in [7, 11) is 0. The van der Waals surface area contributed by atoms with Gasteiger partial charge >= 0.3 is 0 Å². The van der Waals surface area contributed by atoms with Gasteiger partial charge in [0.05, 0.1) is 0 Å². The van der Waals surface area contributed by atoms with Crippen molar-refractivity contribution < 1.29 is 8.78 Å². The highest BCUT2D eigenvalue weighted by Crippen LogP contribution is 2.40. The molecule has 0 atom stereocenters. The van der Waals surface area contributed by atoms with E-state index in [1.165, 1.54) is 24.3 Å². The van der Waals surface area contributed by atoms with E-state index in [0.29, 0.717) is 0 Å². The normalized spacial score (nSPS) is 10.8. The lowest BCUT2D eigenvalue weighted by molar-refractivity contribution is 0.627. The Hall–Kier alpha value is -4.04. The van der Waals surface area contributed by atoms with E-state index in [-0.39, 0.29) is 11.6 Å². The Morgan fingerprint density at radius 2 is 0.719 bits per heavy atom. The van der Waals surface area contributed by atoms with Crippen molar-refractivity contribution in [3.8, 4) is 44.5 Å². The van der Waals surface area contributed by atoms with E-state index in [4.69, 9.17) is 0 Å². The maximum absolute atomic E-state index is 13.7. The van der Waals surface area contributed by atoms with Crippen molar-refractivity contribution >= 4 is 0 Å². The van der Waals surface area contributed by atoms with Crippen molar-refractivity contribution in [3.63, 3.8) is 0 Å². The van der Waals surface area contributed by atoms with Crippen LogP contribution in [0.25, 0.3) is 44.5 Å². The molecule has 0 aliphatic carbocycles. The maximum Gasteiger partial charge on any atom is 0.123 e. The third kappa shape index (κ3) is 3.95. The van der Waals surface area contributed by atoms with Gasteiger partial charge in [-0.15, -0.1) is 0 Å². The molecule has 154 valence electrons. The second-order valence-corrected chi connectivity index (χ2v) is 7.69. The van der Waals surface area contributed by atoms with Crippen molar-refractivity contribution in [2.75, 3.05) is 0 Å². The molecular weight excluding hydrogens is 398 g/mol. The van der Waals surface area contributed by atoms with Gasteiger partial charge in [-0.3, -0.25) is 0 Å². The molecule has 0 aliphatic rings. The molecule has 0 radical (unpaired) electrons. The second kappa shape index (κ2) is 8.60. The number of hydrogen-bond acceptors (Lipinski definition) is 0. The van der Waals surface area contributed by atoms with Crippen LogP contribution in [0.4, 0.5) is 8.78 Å². The highest BCUT2D eigenvalue weighted by atomic mass is 19.1. The molecule has 0 aromatic heterocycles. The van der Waals surface area contributed by atoms with Gasteiger partial charge in [-0.05, 0) is 68.8 Å². The Kier molecular flexibility index (Phi) is 5.35. The zero-order chi connectivity index (χ0) is 21.9. The van der Waals surface area contributed by atoms with Gasteiger partial charge in [0.15, 0.2) is 0 Å². The smallest absolute Gasteiger partial charge is 0.123 e. The topological polar surface area (TPSA) is 0 Å². The minimum atomic E-state index is -0.276. The maximum atomic E-state index is 13.7. The Morgan fingerprint density at radius 3 is 1.25 bits per heavy atom. The lowest BCUT2D eigenvalue weighted by Crippen LogP contribution is -1.91. The summed E-state index contributed by atoms with van der Waals surface area (Å²) in [6, 6.07) is 37.8. The van der Waals surface area contributed by atoms with Gasteiger partial charge in [0.2, 0.25) is 0 Å². The van der Waals surface area contributed by atoms with Gasteiger partial charge in [0, 0.05) is 0 Å². The van der Waals surface area contributed by atoms with Gasteiger partial charge < -0.3 is 0 Å². The molecule has 5 rings (SSSR count). The molecule has 0 saturated heterocycles. The third-order valence-corrected chi connectivity index (χ3v) is 5.66. The van der Waals surface area contributed by atoms with E-state index in [9.17, 15) is 8.78 Å². The Bertz CT molecular complexity index is 1340. The number of hydrogen-bond donors (Lipinski definition) is 0. The minimum Gasteiger partial charge on any atom is -0.207 e. The van der Waals surface area contributed by atoms with Crippen LogP contribution in [0, 0.1) is 11.6 Å². The van der Waals surface area contributed by atoms with E-state index >= 15 is 0 Å². The van der Waals surface area contributed by atoms with Gasteiger partial charge in [-0.2, -0.15) is 0 Å². The Labute approximate surface area is 186 Å². The van der Waals surface area contributed by atoms with Crippen molar-refractivity contribution in [2.24, 2.45) is 0 Å². The molecule has 0 nitrogen and oxygen atoms in total. The molecule has 5 aromatic rings. The molecule has 0 fully saturated rings. The van der Waals surface area contributed by atoms with Crippen molar-refractivity contribution in [1.29, 1.82) is 0 Å². The van der Waals surface area contributed by atoms with E-state index in [2.05, 4.69) is 42.5 Å². The summed E-state index contributed by atoms with van der Waals surface area (Å²) in [5.74, 6) is -0.550. The van der Waals surface area contributed by atoms with Crippen LogP contribution in [-0.2, 0) is 0 Å². The summed E-state index contributed by atoms with van der Waals surface area (Å²) in [6.45, 7) is 0. The van der Waals surface area contributed by atoms with Crippen molar-refractivity contribution in [1.82, 2.24) is 0 Å². The second-order valence-electron chi connectivity index (χ2n) is 7.69. The monoisotopic (exact) mass is 418 g/mol. The summed E-state index contributed by atoms with van der Waals surface area (Å²) < 4.78 is 27.2. The predicted molar refractivity (Wildman–Crippen MR) is 128 cm³/mol. The largest absolute Gasteiger partial charge is 0.207 e. The van der Waals surface area contributed by atoms with Crippen LogP contribution >= 0.6 is 0 Å². The average Bonchev–Trinajstić information content (AvgIpc) is 2.85. The number of rotatable bonds is 4. The first-order chi connectivity index (χ1) is 15.7. The standard InChI is InChI=1S/C30H20F2/c31-26-17-13-24(14-18-26)29-8-4-7-28(30(29)25-15-19-27(32)20-16-25)23-11-9-22(10-12-23)21-5-2-1-3-6-21/h1-20H. The van der Waals surface area contributed by atoms with Crippen LogP contribution in [0.15, 0.2) is 121 Å². The molecule has 0 saturated carbocycles. The molecule has 0 N–H and O–H groups in total. The molecule has 0 unspecified atom stereocenters. The summed E-state index contributed by atoms with van der Waals surface area (Å²) in [6.07, 6.45) is 0. The molecule has 0 amide bonds. The van der Waals surface area contributed by atoms with Crippen molar-refractivity contribution in [2.45, 2.75) is 0 Å². The number of benzene rings is 5. The summed E-state index contributed by atoms with van der Waals surface area (Å²) in [5, 5.41) is 0. The average molecular weight is 418 g/mol. The lowest BCUT2D eigenvalue weighted by Gasteiger charge is -2.17. The summed E-state index contributed by atoms with van der Waals surface area (Å²) >= 11 is 0. The molecule has 5 aromatic carbocycles. The highest BCUT2D eigenvalue weighted by molar-refractivity contribution is 5.94. The highest BCUT2D eigenvalue weighted by Gasteiger charge is 2.14. The van der Waals surface area contributed by atoms with E-state index in [1.807, 2.05) is 30.3 Å². The van der Waals surface area contributed by atoms with Crippen LogP contribution in [0.1, 0.15) is 0 Å². The first-order valence-electron chi connectivity index (χ1n) is 10.5. The molecular formula is C30H20F2. The first-order valence-corrected chi connectivity index (χ1v) is 10.5. The molecule has 2 heteroatoms. The van der Waals surface area contributed by atoms with Gasteiger partial charge in [-0.25, -0.2) is 8.78 Å². The quantitative estimate of drug-likeness (QED) is 0.274. The van der Waals surface area contributed by atoms with Gasteiger partial charge in [0.1, 0.15) is 11.6 Å². The molecule has 32 heavy (non-hydrogen) atoms. The van der Waals surface area contributed by atoms with Crippen LogP contribution in [0.3, 0.4) is 0 Å². The van der Waals surface area contributed by atoms with Crippen LogP contribution < -0.4 is 0 Å². The molecule has 0 heterocycles. The molecule has 0 bridgehead atoms. The van der Waals surface area contributed by atoms with Gasteiger partial charge in [0.25, 0.3) is 0 Å². The zero-order valence-corrected chi connectivity index (χ0v) is 17.3. The predicted octanol–water partition coefficient (Wildman–Crippen LogP) is 8.63. The van der Waals surface area contributed by atoms with Gasteiger partial charge in [-0.1, -0.05) is 97.1 Å². The van der Waals surface area contributed by atoms with Crippen LogP contribution in [0.5, 0.6) is 0 Å². The first kappa shape index (κ1) is 19.9. The fourth-order valence-corrected chi connectivity index (χ4v) is 4.06. The zero-order valence-electron chi connectivity index (χ0n) is 17.3. The Balaban J connectivity index is 1.67. The minimum absolute atomic E-state index is 0.273. The fourth-order valence-electron chi connectivity index (χ4n) is 4.06. The lowest BCUT2D eigenvalue weighted by atomic mass is 9.87. The summed E-state index contributed by atoms with van der Waals surface area (Å²) in [5.41, 5.74) is 8.20. The molecule has 0 spiro atoms. The summed E-state index contributed by atoms with van der Waals surface area (Å²) in [4.78, 5) is 0. The van der Waals surface area contributed by atoms with E-state index in [1.54, 1.807) is 24.3 Å². The fraction of sp³-hybridized carbons (Fsp3) is 0. The van der Waals surface area contributed by atoms with E-state index in [0.717, 1.165) is 44.5 Å².